The molecule has 0 radical (unpaired) electrons. The summed E-state index contributed by atoms with van der Waals surface area (Å²) < 4.78 is 36.7. The molecule has 1 unspecified atom stereocenters. The number of carbonyl (C=O) groups excluding carboxylic acids is 1. The lowest BCUT2D eigenvalue weighted by Gasteiger charge is -2.12. The van der Waals surface area contributed by atoms with Gasteiger partial charge in [0.15, 0.2) is 6.04 Å². The second-order valence-corrected chi connectivity index (χ2v) is 3.60. The van der Waals surface area contributed by atoms with Gasteiger partial charge in [0.1, 0.15) is 5.69 Å². The van der Waals surface area contributed by atoms with Crippen molar-refractivity contribution in [2.24, 2.45) is 0 Å². The topological polar surface area (TPSA) is 112 Å². The van der Waals surface area contributed by atoms with Crippen LogP contribution in [0.5, 0.6) is 0 Å². The molecule has 0 aromatic carbocycles. The molecule has 0 aliphatic rings. The van der Waals surface area contributed by atoms with Crippen LogP contribution in [-0.2, 0) is 11.0 Å². The number of carbonyl (C=O) groups is 2. The van der Waals surface area contributed by atoms with E-state index in [0.29, 0.717) is 6.07 Å². The number of aromatic nitrogens is 1. The molecule has 0 fully saturated rings. The third-order valence-electron chi connectivity index (χ3n) is 2.10. The quantitative estimate of drug-likeness (QED) is 0.652. The number of amides is 2. The van der Waals surface area contributed by atoms with E-state index in [1.165, 1.54) is 0 Å². The Bertz CT molecular complexity index is 490. The highest BCUT2D eigenvalue weighted by molar-refractivity contribution is 5.92. The Morgan fingerprint density at radius 3 is 2.40 bits per heavy atom. The van der Waals surface area contributed by atoms with Crippen LogP contribution in [0.2, 0.25) is 0 Å². The molecule has 10 heteroatoms. The highest BCUT2D eigenvalue weighted by Crippen LogP contribution is 2.27. The maximum absolute atomic E-state index is 12.2. The first-order valence-electron chi connectivity index (χ1n) is 5.18. The van der Waals surface area contributed by atoms with Crippen molar-refractivity contribution in [2.75, 3.05) is 11.9 Å². The molecule has 7 nitrogen and oxygen atoms in total. The van der Waals surface area contributed by atoms with E-state index in [1.54, 1.807) is 0 Å². The van der Waals surface area contributed by atoms with Crippen molar-refractivity contribution in [1.82, 2.24) is 10.3 Å². The van der Waals surface area contributed by atoms with Crippen LogP contribution in [-0.4, -0.2) is 39.8 Å². The van der Waals surface area contributed by atoms with Gasteiger partial charge in [-0.2, -0.15) is 13.2 Å². The maximum atomic E-state index is 12.2. The van der Waals surface area contributed by atoms with Gasteiger partial charge >= 0.3 is 18.2 Å². The smallest absolute Gasteiger partial charge is 0.433 e. The zero-order valence-corrected chi connectivity index (χ0v) is 9.81. The van der Waals surface area contributed by atoms with Gasteiger partial charge in [0, 0.05) is 0 Å². The van der Waals surface area contributed by atoms with Crippen molar-refractivity contribution in [3.63, 3.8) is 0 Å². The predicted molar refractivity (Wildman–Crippen MR) is 59.9 cm³/mol. The molecule has 0 aliphatic heterocycles. The van der Waals surface area contributed by atoms with Crippen LogP contribution in [0, 0.1) is 0 Å². The number of urea groups is 1. The molecule has 20 heavy (non-hydrogen) atoms. The average molecular weight is 293 g/mol. The zero-order valence-electron chi connectivity index (χ0n) is 9.81. The number of aliphatic carboxylic acids is 1. The molecule has 1 atom stereocenters. The van der Waals surface area contributed by atoms with Crippen molar-refractivity contribution in [3.8, 4) is 0 Å². The molecular formula is C10H10F3N3O4. The number of aliphatic hydroxyl groups excluding tert-OH is 1. The summed E-state index contributed by atoms with van der Waals surface area (Å²) >= 11 is 0. The number of hydrogen-bond acceptors (Lipinski definition) is 4. The number of rotatable bonds is 4. The number of nitrogens with zero attached hydrogens (tertiary/aromatic N) is 1. The average Bonchev–Trinajstić information content (AvgIpc) is 2.35. The summed E-state index contributed by atoms with van der Waals surface area (Å²) in [7, 11) is 0. The van der Waals surface area contributed by atoms with Gasteiger partial charge in [0.05, 0.1) is 18.5 Å². The monoisotopic (exact) mass is 293 g/mol. The minimum absolute atomic E-state index is 0.0578. The number of alkyl halides is 3. The number of pyridine rings is 1. The molecule has 0 aliphatic carbocycles. The fourth-order valence-corrected chi connectivity index (χ4v) is 1.15. The first-order chi connectivity index (χ1) is 9.24. The summed E-state index contributed by atoms with van der Waals surface area (Å²) in [6, 6.07) is -0.883. The number of aliphatic hydroxyl groups is 1. The second kappa shape index (κ2) is 6.19. The van der Waals surface area contributed by atoms with Crippen molar-refractivity contribution in [2.45, 2.75) is 12.2 Å². The molecule has 0 saturated carbocycles. The van der Waals surface area contributed by atoms with Crippen molar-refractivity contribution in [1.29, 1.82) is 0 Å². The zero-order chi connectivity index (χ0) is 15.3. The van der Waals surface area contributed by atoms with E-state index in [1.807, 2.05) is 5.32 Å². The number of nitrogens with one attached hydrogen (secondary N) is 2. The van der Waals surface area contributed by atoms with Crippen LogP contribution in [0.1, 0.15) is 5.69 Å². The summed E-state index contributed by atoms with van der Waals surface area (Å²) in [5, 5.41) is 21.2. The minimum atomic E-state index is -4.59. The van der Waals surface area contributed by atoms with Crippen LogP contribution in [0.3, 0.4) is 0 Å². The molecule has 1 heterocycles. The highest BCUT2D eigenvalue weighted by Gasteiger charge is 2.32. The van der Waals surface area contributed by atoms with Gasteiger partial charge in [-0.25, -0.2) is 14.6 Å². The molecule has 2 amide bonds. The van der Waals surface area contributed by atoms with Gasteiger partial charge in [-0.15, -0.1) is 0 Å². The van der Waals surface area contributed by atoms with Crippen LogP contribution in [0.4, 0.5) is 23.7 Å². The molecule has 0 saturated heterocycles. The third-order valence-corrected chi connectivity index (χ3v) is 2.10. The van der Waals surface area contributed by atoms with Crippen LogP contribution in [0.15, 0.2) is 18.3 Å². The highest BCUT2D eigenvalue weighted by atomic mass is 19.4. The first kappa shape index (κ1) is 15.7. The number of anilines is 1. The van der Waals surface area contributed by atoms with Gasteiger partial charge in [-0.05, 0) is 12.1 Å². The summed E-state index contributed by atoms with van der Waals surface area (Å²) in [4.78, 5) is 25.0. The summed E-state index contributed by atoms with van der Waals surface area (Å²) in [6.07, 6.45) is -3.82. The summed E-state index contributed by atoms with van der Waals surface area (Å²) in [5.74, 6) is -1.45. The lowest BCUT2D eigenvalue weighted by Crippen LogP contribution is -2.45. The number of carboxylic acids is 1. The van der Waals surface area contributed by atoms with E-state index in [2.05, 4.69) is 10.3 Å². The molecular weight excluding hydrogens is 283 g/mol. The van der Waals surface area contributed by atoms with Gasteiger partial charge in [0.2, 0.25) is 0 Å². The molecule has 110 valence electrons. The Balaban J connectivity index is 2.65. The maximum Gasteiger partial charge on any atom is 0.433 e. The summed E-state index contributed by atoms with van der Waals surface area (Å²) in [5.41, 5.74) is -1.18. The Labute approximate surface area is 110 Å². The second-order valence-electron chi connectivity index (χ2n) is 3.60. The first-order valence-corrected chi connectivity index (χ1v) is 5.18. The Kier molecular flexibility index (Phi) is 4.86. The van der Waals surface area contributed by atoms with Gasteiger partial charge in [0.25, 0.3) is 0 Å². The normalized spacial score (nSPS) is 12.6. The number of halogens is 3. The Hall–Kier alpha value is -2.36. The SMILES string of the molecule is O=C(Nc1ccc(C(F)(F)F)nc1)NC(CO)C(=O)O. The fraction of sp³-hybridized carbons (Fsp3) is 0.300. The van der Waals surface area contributed by atoms with E-state index in [9.17, 15) is 22.8 Å². The van der Waals surface area contributed by atoms with Gasteiger partial charge in [-0.1, -0.05) is 0 Å². The van der Waals surface area contributed by atoms with Gasteiger partial charge < -0.3 is 20.8 Å². The molecule has 0 bridgehead atoms. The van der Waals surface area contributed by atoms with E-state index in [-0.39, 0.29) is 5.69 Å². The molecule has 1 aromatic heterocycles. The van der Waals surface area contributed by atoms with Gasteiger partial charge in [-0.3, -0.25) is 0 Å². The van der Waals surface area contributed by atoms with E-state index in [4.69, 9.17) is 10.2 Å². The van der Waals surface area contributed by atoms with Crippen LogP contribution >= 0.6 is 0 Å². The van der Waals surface area contributed by atoms with Crippen molar-refractivity contribution < 1.29 is 33.0 Å². The largest absolute Gasteiger partial charge is 0.480 e. The molecule has 0 spiro atoms. The molecule has 1 aromatic rings. The van der Waals surface area contributed by atoms with Crippen LogP contribution < -0.4 is 10.6 Å². The summed E-state index contributed by atoms with van der Waals surface area (Å²) in [6.45, 7) is -0.825. The molecule has 1 rings (SSSR count). The van der Waals surface area contributed by atoms with Crippen molar-refractivity contribution in [3.05, 3.63) is 24.0 Å². The van der Waals surface area contributed by atoms with E-state index in [0.717, 1.165) is 12.3 Å². The lowest BCUT2D eigenvalue weighted by molar-refractivity contribution is -0.141. The Morgan fingerprint density at radius 1 is 1.35 bits per heavy atom. The van der Waals surface area contributed by atoms with E-state index >= 15 is 0 Å². The fourth-order valence-electron chi connectivity index (χ4n) is 1.15. The third kappa shape index (κ3) is 4.39. The van der Waals surface area contributed by atoms with E-state index < -0.39 is 36.5 Å². The predicted octanol–water partition coefficient (Wildman–Crippen LogP) is 0.667. The standard InChI is InChI=1S/C10H10F3N3O4/c11-10(12,13)7-2-1-5(3-14-7)15-9(20)16-6(4-17)8(18)19/h1-3,6,17H,4H2,(H,18,19)(H2,15,16,20). The molecule has 4 N–H and O–H groups in total. The minimum Gasteiger partial charge on any atom is -0.480 e. The lowest BCUT2D eigenvalue weighted by atomic mass is 10.3. The van der Waals surface area contributed by atoms with Crippen LogP contribution in [0.25, 0.3) is 0 Å². The number of carboxylic acid groups (broad SMARTS) is 1. The Morgan fingerprint density at radius 2 is 2.00 bits per heavy atom. The number of hydrogen-bond donors (Lipinski definition) is 4. The van der Waals surface area contributed by atoms with Crippen molar-refractivity contribution >= 4 is 17.7 Å².